The molecule has 0 aromatic heterocycles. The maximum atomic E-state index is 11.4. The molecule has 1 heterocycles. The summed E-state index contributed by atoms with van der Waals surface area (Å²) in [5.74, 6) is 1.40. The van der Waals surface area contributed by atoms with Crippen molar-refractivity contribution in [3.63, 3.8) is 0 Å². The highest BCUT2D eigenvalue weighted by Gasteiger charge is 2.23. The summed E-state index contributed by atoms with van der Waals surface area (Å²) in [7, 11) is 1.70. The van der Waals surface area contributed by atoms with Gasteiger partial charge >= 0.3 is 0 Å². The van der Waals surface area contributed by atoms with Crippen molar-refractivity contribution in [2.24, 2.45) is 5.92 Å². The Morgan fingerprint density at radius 1 is 1.35 bits per heavy atom. The van der Waals surface area contributed by atoms with Crippen LogP contribution in [0.2, 0.25) is 0 Å². The van der Waals surface area contributed by atoms with Crippen LogP contribution >= 0.6 is 0 Å². The fraction of sp³-hybridized carbons (Fsp3) is 0.588. The molecule has 1 aromatic rings. The van der Waals surface area contributed by atoms with Crippen LogP contribution in [0.4, 0.5) is 0 Å². The first kappa shape index (κ1) is 15.0. The Morgan fingerprint density at radius 3 is 2.65 bits per heavy atom. The van der Waals surface area contributed by atoms with Crippen LogP contribution in [0.5, 0.6) is 0 Å². The second kappa shape index (κ2) is 6.89. The van der Waals surface area contributed by atoms with Gasteiger partial charge in [-0.3, -0.25) is 9.69 Å². The number of amides is 1. The Bertz CT molecular complexity index is 439. The molecule has 0 bridgehead atoms. The predicted molar refractivity (Wildman–Crippen MR) is 82.8 cm³/mol. The van der Waals surface area contributed by atoms with Gasteiger partial charge in [0.2, 0.25) is 5.91 Å². The fourth-order valence-corrected chi connectivity index (χ4v) is 2.88. The van der Waals surface area contributed by atoms with Gasteiger partial charge in [-0.15, -0.1) is 0 Å². The molecule has 1 unspecified atom stereocenters. The Kier molecular flexibility index (Phi) is 5.18. The molecular weight excluding hydrogens is 248 g/mol. The number of nitrogens with one attached hydrogen (secondary N) is 1. The second-order valence-electron chi connectivity index (χ2n) is 6.16. The lowest BCUT2D eigenvalue weighted by Crippen LogP contribution is -2.34. The summed E-state index contributed by atoms with van der Waals surface area (Å²) < 4.78 is 0. The average molecular weight is 274 g/mol. The normalized spacial score (nSPS) is 19.5. The summed E-state index contributed by atoms with van der Waals surface area (Å²) in [4.78, 5) is 13.6. The minimum Gasteiger partial charge on any atom is -0.358 e. The van der Waals surface area contributed by atoms with E-state index in [9.17, 15) is 4.79 Å². The molecule has 1 N–H and O–H groups in total. The first-order valence-electron chi connectivity index (χ1n) is 7.60. The van der Waals surface area contributed by atoms with E-state index in [1.807, 2.05) is 0 Å². The van der Waals surface area contributed by atoms with Crippen molar-refractivity contribution in [2.75, 3.05) is 26.7 Å². The van der Waals surface area contributed by atoms with Crippen LogP contribution in [0.15, 0.2) is 24.3 Å². The molecule has 1 aromatic carbocycles. The van der Waals surface area contributed by atoms with E-state index in [1.165, 1.54) is 17.5 Å². The van der Waals surface area contributed by atoms with Crippen molar-refractivity contribution < 1.29 is 4.79 Å². The minimum atomic E-state index is 0.118. The molecular formula is C17H26N2O. The van der Waals surface area contributed by atoms with Crippen molar-refractivity contribution >= 4 is 5.91 Å². The van der Waals surface area contributed by atoms with Gasteiger partial charge in [0.15, 0.2) is 0 Å². The van der Waals surface area contributed by atoms with Crippen molar-refractivity contribution in [3.05, 3.63) is 35.4 Å². The van der Waals surface area contributed by atoms with Crippen LogP contribution in [0.3, 0.4) is 0 Å². The zero-order valence-electron chi connectivity index (χ0n) is 12.9. The van der Waals surface area contributed by atoms with Crippen LogP contribution in [0.1, 0.15) is 37.3 Å². The van der Waals surface area contributed by atoms with E-state index in [-0.39, 0.29) is 5.91 Å². The van der Waals surface area contributed by atoms with Crippen molar-refractivity contribution in [3.8, 4) is 0 Å². The number of carbonyl (C=O) groups excluding carboxylic acids is 1. The molecule has 1 saturated heterocycles. The van der Waals surface area contributed by atoms with E-state index in [0.29, 0.717) is 18.4 Å². The zero-order chi connectivity index (χ0) is 14.5. The van der Waals surface area contributed by atoms with Gasteiger partial charge in [-0.25, -0.2) is 0 Å². The van der Waals surface area contributed by atoms with E-state index in [0.717, 1.165) is 19.5 Å². The number of rotatable bonds is 5. The third kappa shape index (κ3) is 4.07. The maximum absolute atomic E-state index is 11.4. The van der Waals surface area contributed by atoms with E-state index < -0.39 is 0 Å². The number of carbonyl (C=O) groups is 1. The van der Waals surface area contributed by atoms with Crippen LogP contribution in [-0.2, 0) is 11.2 Å². The third-order valence-electron chi connectivity index (χ3n) is 4.19. The van der Waals surface area contributed by atoms with Gasteiger partial charge in [0.1, 0.15) is 0 Å². The molecule has 0 spiro atoms. The number of hydrogen-bond donors (Lipinski definition) is 1. The summed E-state index contributed by atoms with van der Waals surface area (Å²) in [6, 6.07) is 9.02. The number of hydrogen-bond acceptors (Lipinski definition) is 2. The highest BCUT2D eigenvalue weighted by Crippen LogP contribution is 2.22. The summed E-state index contributed by atoms with van der Waals surface area (Å²) in [5, 5.41) is 2.69. The molecule has 3 heteroatoms. The molecule has 1 aliphatic heterocycles. The monoisotopic (exact) mass is 274 g/mol. The van der Waals surface area contributed by atoms with Crippen LogP contribution < -0.4 is 5.32 Å². The van der Waals surface area contributed by atoms with Crippen LogP contribution in [0, 0.1) is 5.92 Å². The predicted octanol–water partition coefficient (Wildman–Crippen LogP) is 2.42. The molecule has 110 valence electrons. The van der Waals surface area contributed by atoms with Gasteiger partial charge in [-0.05, 0) is 42.3 Å². The van der Waals surface area contributed by atoms with Gasteiger partial charge in [-0.1, -0.05) is 38.1 Å². The topological polar surface area (TPSA) is 32.3 Å². The third-order valence-corrected chi connectivity index (χ3v) is 4.19. The smallest absolute Gasteiger partial charge is 0.233 e. The first-order valence-corrected chi connectivity index (χ1v) is 7.60. The lowest BCUT2D eigenvalue weighted by atomic mass is 9.96. The summed E-state index contributed by atoms with van der Waals surface area (Å²) in [6.07, 6.45) is 2.32. The lowest BCUT2D eigenvalue weighted by molar-refractivity contribution is -0.121. The van der Waals surface area contributed by atoms with Gasteiger partial charge < -0.3 is 5.32 Å². The highest BCUT2D eigenvalue weighted by molar-refractivity contribution is 5.77. The van der Waals surface area contributed by atoms with E-state index >= 15 is 0 Å². The highest BCUT2D eigenvalue weighted by atomic mass is 16.1. The first-order chi connectivity index (χ1) is 9.58. The SMILES string of the molecule is CNC(=O)CN1CCC(Cc2ccc(C(C)C)cc2)C1. The van der Waals surface area contributed by atoms with Crippen molar-refractivity contribution in [1.29, 1.82) is 0 Å². The van der Waals surface area contributed by atoms with Crippen molar-refractivity contribution in [1.82, 2.24) is 10.2 Å². The Balaban J connectivity index is 1.84. The van der Waals surface area contributed by atoms with Gasteiger partial charge in [-0.2, -0.15) is 0 Å². The van der Waals surface area contributed by atoms with Gasteiger partial charge in [0.25, 0.3) is 0 Å². The quantitative estimate of drug-likeness (QED) is 0.894. The number of nitrogens with zero attached hydrogens (tertiary/aromatic N) is 1. The number of likely N-dealkylation sites (tertiary alicyclic amines) is 1. The number of benzene rings is 1. The second-order valence-corrected chi connectivity index (χ2v) is 6.16. The average Bonchev–Trinajstić information content (AvgIpc) is 2.86. The molecule has 0 radical (unpaired) electrons. The maximum Gasteiger partial charge on any atom is 0.233 e. The Labute approximate surface area is 122 Å². The number of likely N-dealkylation sites (N-methyl/N-ethyl adjacent to an activating group) is 1. The molecule has 3 nitrogen and oxygen atoms in total. The summed E-state index contributed by atoms with van der Waals surface area (Å²) in [5.41, 5.74) is 2.82. The summed E-state index contributed by atoms with van der Waals surface area (Å²) in [6.45, 7) is 7.08. The molecule has 20 heavy (non-hydrogen) atoms. The van der Waals surface area contributed by atoms with E-state index in [2.05, 4.69) is 48.3 Å². The van der Waals surface area contributed by atoms with Crippen LogP contribution in [-0.4, -0.2) is 37.5 Å². The zero-order valence-corrected chi connectivity index (χ0v) is 12.9. The van der Waals surface area contributed by atoms with Crippen LogP contribution in [0.25, 0.3) is 0 Å². The van der Waals surface area contributed by atoms with Gasteiger partial charge in [0.05, 0.1) is 6.54 Å². The van der Waals surface area contributed by atoms with E-state index in [1.54, 1.807) is 7.05 Å². The molecule has 1 fully saturated rings. The van der Waals surface area contributed by atoms with E-state index in [4.69, 9.17) is 0 Å². The van der Waals surface area contributed by atoms with Gasteiger partial charge in [0, 0.05) is 13.6 Å². The molecule has 0 aliphatic carbocycles. The van der Waals surface area contributed by atoms with Crippen molar-refractivity contribution in [2.45, 2.75) is 32.6 Å². The standard InChI is InChI=1S/C17H26N2O/c1-13(2)16-6-4-14(5-7-16)10-15-8-9-19(11-15)12-17(20)18-3/h4-7,13,15H,8-12H2,1-3H3,(H,18,20). The molecule has 1 amide bonds. The molecule has 0 saturated carbocycles. The fourth-order valence-electron chi connectivity index (χ4n) is 2.88. The Morgan fingerprint density at radius 2 is 2.05 bits per heavy atom. The summed E-state index contributed by atoms with van der Waals surface area (Å²) >= 11 is 0. The molecule has 1 atom stereocenters. The lowest BCUT2D eigenvalue weighted by Gasteiger charge is -2.15. The Hall–Kier alpha value is -1.35. The molecule has 2 rings (SSSR count). The molecule has 1 aliphatic rings. The largest absolute Gasteiger partial charge is 0.358 e. The minimum absolute atomic E-state index is 0.118.